The number of thioether (sulfide) groups is 1. The Morgan fingerprint density at radius 3 is 2.68 bits per heavy atom. The molecule has 0 saturated heterocycles. The van der Waals surface area contributed by atoms with Gasteiger partial charge in [0.25, 0.3) is 0 Å². The van der Waals surface area contributed by atoms with E-state index in [4.69, 9.17) is 4.99 Å². The van der Waals surface area contributed by atoms with Crippen molar-refractivity contribution in [1.29, 1.82) is 0 Å². The molecule has 0 amide bonds. The van der Waals surface area contributed by atoms with Gasteiger partial charge < -0.3 is 9.80 Å². The van der Waals surface area contributed by atoms with Crippen LogP contribution in [0.25, 0.3) is 0 Å². The molecule has 3 rings (SSSR count). The fourth-order valence-corrected chi connectivity index (χ4v) is 3.90. The standard InChI is InChI=1S/C18H23N3S/c1-5-21(6-2)14-8-10-16-18(12-14)22-17-11-13(20(3)4)7-9-15(17)19-16/h7-13H,5-6H2,1-4H3/p+1. The van der Waals surface area contributed by atoms with Gasteiger partial charge in [-0.05, 0) is 50.3 Å². The van der Waals surface area contributed by atoms with Gasteiger partial charge >= 0.3 is 0 Å². The Labute approximate surface area is 137 Å². The Kier molecular flexibility index (Phi) is 4.41. The zero-order chi connectivity index (χ0) is 15.7. The molecule has 1 heterocycles. The van der Waals surface area contributed by atoms with Gasteiger partial charge in [-0.1, -0.05) is 11.8 Å². The van der Waals surface area contributed by atoms with Gasteiger partial charge in [-0.15, -0.1) is 0 Å². The average molecular weight is 314 g/mol. The molecular formula is C18H24N3S+. The second-order valence-corrected chi connectivity index (χ2v) is 7.00. The van der Waals surface area contributed by atoms with Gasteiger partial charge in [0.15, 0.2) is 0 Å². The molecule has 1 aliphatic heterocycles. The molecule has 3 nitrogen and oxygen atoms in total. The van der Waals surface area contributed by atoms with Crippen molar-refractivity contribution in [2.24, 2.45) is 4.99 Å². The number of hydrogen-bond donors (Lipinski definition) is 1. The van der Waals surface area contributed by atoms with Gasteiger partial charge in [-0.3, -0.25) is 0 Å². The molecule has 0 fully saturated rings. The first kappa shape index (κ1) is 15.4. The second-order valence-electron chi connectivity index (χ2n) is 5.92. The van der Waals surface area contributed by atoms with Crippen molar-refractivity contribution in [3.05, 3.63) is 41.3 Å². The molecule has 1 aromatic carbocycles. The molecule has 116 valence electrons. The van der Waals surface area contributed by atoms with E-state index in [0.717, 1.165) is 24.5 Å². The summed E-state index contributed by atoms with van der Waals surface area (Å²) in [5.74, 6) is 0. The number of likely N-dealkylation sites (N-methyl/N-ethyl adjacent to an activating group) is 1. The molecule has 0 aromatic heterocycles. The van der Waals surface area contributed by atoms with E-state index in [1.165, 1.54) is 20.4 Å². The first-order chi connectivity index (χ1) is 10.6. The molecular weight excluding hydrogens is 290 g/mol. The van der Waals surface area contributed by atoms with Gasteiger partial charge in [0.2, 0.25) is 0 Å². The van der Waals surface area contributed by atoms with Crippen LogP contribution in [0.3, 0.4) is 0 Å². The Bertz CT molecular complexity index is 654. The fourth-order valence-electron chi connectivity index (χ4n) is 2.83. The van der Waals surface area contributed by atoms with Gasteiger partial charge in [0, 0.05) is 28.6 Å². The Hall–Kier alpha value is -1.52. The molecule has 2 aliphatic rings. The van der Waals surface area contributed by atoms with Crippen LogP contribution in [0.4, 0.5) is 11.4 Å². The molecule has 4 heteroatoms. The quantitative estimate of drug-likeness (QED) is 0.922. The summed E-state index contributed by atoms with van der Waals surface area (Å²) in [5, 5.41) is 0. The molecule has 0 saturated carbocycles. The van der Waals surface area contributed by atoms with E-state index >= 15 is 0 Å². The number of quaternary nitrogens is 1. The number of aliphatic imine (C=N–C) groups is 1. The van der Waals surface area contributed by atoms with Gasteiger partial charge in [-0.2, -0.15) is 0 Å². The van der Waals surface area contributed by atoms with Crippen LogP contribution in [0, 0.1) is 0 Å². The number of fused-ring (bicyclic) bond motifs is 2. The van der Waals surface area contributed by atoms with E-state index in [9.17, 15) is 0 Å². The zero-order valence-corrected chi connectivity index (χ0v) is 14.6. The highest BCUT2D eigenvalue weighted by Gasteiger charge is 2.23. The summed E-state index contributed by atoms with van der Waals surface area (Å²) in [6.07, 6.45) is 6.75. The minimum absolute atomic E-state index is 0.439. The van der Waals surface area contributed by atoms with Crippen molar-refractivity contribution < 1.29 is 4.90 Å². The third-order valence-electron chi connectivity index (χ3n) is 4.24. The number of anilines is 1. The van der Waals surface area contributed by atoms with Crippen molar-refractivity contribution in [1.82, 2.24) is 0 Å². The number of nitrogens with zero attached hydrogens (tertiary/aromatic N) is 2. The first-order valence-corrected chi connectivity index (χ1v) is 8.80. The smallest absolute Gasteiger partial charge is 0.126 e. The summed E-state index contributed by atoms with van der Waals surface area (Å²) in [6.45, 7) is 6.47. The highest BCUT2D eigenvalue weighted by molar-refractivity contribution is 8.04. The topological polar surface area (TPSA) is 20.0 Å². The maximum absolute atomic E-state index is 4.83. The van der Waals surface area contributed by atoms with Gasteiger partial charge in [0.05, 0.1) is 25.5 Å². The summed E-state index contributed by atoms with van der Waals surface area (Å²) in [4.78, 5) is 11.2. The SMILES string of the molecule is CCN(CC)c1ccc2c(c1)SC1=CC([NH+](C)C)C=CC1=N2. The normalized spacial score (nSPS) is 19.4. The van der Waals surface area contributed by atoms with Crippen molar-refractivity contribution in [3.8, 4) is 0 Å². The lowest BCUT2D eigenvalue weighted by Gasteiger charge is -2.25. The van der Waals surface area contributed by atoms with Crippen LogP contribution in [0.5, 0.6) is 0 Å². The third-order valence-corrected chi connectivity index (χ3v) is 5.36. The highest BCUT2D eigenvalue weighted by atomic mass is 32.2. The molecule has 0 spiro atoms. The fraction of sp³-hybridized carbons (Fsp3) is 0.389. The minimum atomic E-state index is 0.439. The van der Waals surface area contributed by atoms with Gasteiger partial charge in [-0.25, -0.2) is 4.99 Å². The van der Waals surface area contributed by atoms with E-state index in [1.54, 1.807) is 0 Å². The maximum Gasteiger partial charge on any atom is 0.126 e. The van der Waals surface area contributed by atoms with E-state index < -0.39 is 0 Å². The Morgan fingerprint density at radius 2 is 2.00 bits per heavy atom. The highest BCUT2D eigenvalue weighted by Crippen LogP contribution is 2.43. The van der Waals surface area contributed by atoms with Gasteiger partial charge in [0.1, 0.15) is 6.04 Å². The van der Waals surface area contributed by atoms with E-state index in [1.807, 2.05) is 11.8 Å². The number of hydrogen-bond acceptors (Lipinski definition) is 3. The lowest BCUT2D eigenvalue weighted by Crippen LogP contribution is -3.09. The van der Waals surface area contributed by atoms with Crippen LogP contribution in [-0.4, -0.2) is 38.9 Å². The molecule has 1 atom stereocenters. The number of benzene rings is 1. The largest absolute Gasteiger partial charge is 0.372 e. The van der Waals surface area contributed by atoms with Crippen LogP contribution in [0.15, 0.2) is 51.2 Å². The summed E-state index contributed by atoms with van der Waals surface area (Å²) in [6, 6.07) is 7.06. The summed E-state index contributed by atoms with van der Waals surface area (Å²) in [5.41, 5.74) is 3.48. The predicted octanol–water partition coefficient (Wildman–Crippen LogP) is 2.68. The van der Waals surface area contributed by atoms with Crippen LogP contribution in [0.1, 0.15) is 13.8 Å². The van der Waals surface area contributed by atoms with E-state index in [-0.39, 0.29) is 0 Å². The molecule has 1 unspecified atom stereocenters. The van der Waals surface area contributed by atoms with Crippen molar-refractivity contribution >= 4 is 28.8 Å². The minimum Gasteiger partial charge on any atom is -0.372 e. The maximum atomic E-state index is 4.83. The Balaban J connectivity index is 1.95. The lowest BCUT2D eigenvalue weighted by molar-refractivity contribution is -0.871. The van der Waals surface area contributed by atoms with E-state index in [2.05, 4.69) is 69.3 Å². The van der Waals surface area contributed by atoms with Crippen molar-refractivity contribution in [2.45, 2.75) is 24.8 Å². The molecule has 0 radical (unpaired) electrons. The van der Waals surface area contributed by atoms with E-state index in [0.29, 0.717) is 6.04 Å². The van der Waals surface area contributed by atoms with Crippen LogP contribution in [0.2, 0.25) is 0 Å². The summed E-state index contributed by atoms with van der Waals surface area (Å²) >= 11 is 1.85. The molecule has 1 aromatic rings. The van der Waals surface area contributed by atoms with Crippen LogP contribution >= 0.6 is 11.8 Å². The zero-order valence-electron chi connectivity index (χ0n) is 13.8. The number of allylic oxidation sites excluding steroid dienone is 2. The second kappa shape index (κ2) is 6.31. The average Bonchev–Trinajstić information content (AvgIpc) is 2.53. The monoisotopic (exact) mass is 314 g/mol. The molecule has 1 aliphatic carbocycles. The predicted molar refractivity (Wildman–Crippen MR) is 96.8 cm³/mol. The summed E-state index contributed by atoms with van der Waals surface area (Å²) < 4.78 is 0. The van der Waals surface area contributed by atoms with Crippen molar-refractivity contribution in [3.63, 3.8) is 0 Å². The third kappa shape index (κ3) is 2.85. The molecule has 0 bridgehead atoms. The number of rotatable bonds is 4. The van der Waals surface area contributed by atoms with Crippen LogP contribution < -0.4 is 9.80 Å². The molecule has 22 heavy (non-hydrogen) atoms. The molecule has 1 N–H and O–H groups in total. The lowest BCUT2D eigenvalue weighted by atomic mass is 10.1. The Morgan fingerprint density at radius 1 is 1.23 bits per heavy atom. The summed E-state index contributed by atoms with van der Waals surface area (Å²) in [7, 11) is 4.38. The van der Waals surface area contributed by atoms with Crippen molar-refractivity contribution in [2.75, 3.05) is 32.1 Å². The number of nitrogens with one attached hydrogen (secondary N) is 1. The van der Waals surface area contributed by atoms with Crippen LogP contribution in [-0.2, 0) is 0 Å². The first-order valence-electron chi connectivity index (χ1n) is 7.98.